The molecule has 3 heteroatoms. The molecule has 0 radical (unpaired) electrons. The monoisotopic (exact) mass is 311 g/mol. The normalized spacial score (nSPS) is 9.26. The van der Waals surface area contributed by atoms with Crippen molar-refractivity contribution in [3.8, 4) is 23.7 Å². The van der Waals surface area contributed by atoms with Crippen molar-refractivity contribution >= 4 is 5.97 Å². The second-order valence-corrected chi connectivity index (χ2v) is 5.29. The van der Waals surface area contributed by atoms with Gasteiger partial charge in [-0.3, -0.25) is 9.78 Å². The smallest absolute Gasteiger partial charge is 0.307 e. The summed E-state index contributed by atoms with van der Waals surface area (Å²) in [6.45, 7) is 2.47. The minimum atomic E-state index is -0.243. The molecule has 1 aromatic heterocycles. The van der Waals surface area contributed by atoms with E-state index < -0.39 is 0 Å². The van der Waals surface area contributed by atoms with Crippen LogP contribution in [0.2, 0.25) is 0 Å². The van der Waals surface area contributed by atoms with Gasteiger partial charge in [0, 0.05) is 30.8 Å². The first-order valence-corrected chi connectivity index (χ1v) is 8.33. The molecule has 1 heterocycles. The van der Waals surface area contributed by atoms with Crippen molar-refractivity contribution in [1.82, 2.24) is 4.98 Å². The van der Waals surface area contributed by atoms with Crippen LogP contribution in [-0.4, -0.2) is 11.0 Å². The largest absolute Gasteiger partial charge is 0.461 e. The number of carbonyl (C=O) groups is 1. The van der Waals surface area contributed by atoms with Crippen LogP contribution in [0.5, 0.6) is 0 Å². The highest BCUT2D eigenvalue weighted by molar-refractivity contribution is 5.69. The van der Waals surface area contributed by atoms with E-state index in [0.717, 1.165) is 18.4 Å². The molecule has 3 nitrogen and oxygen atoms in total. The van der Waals surface area contributed by atoms with Gasteiger partial charge in [-0.15, -0.1) is 0 Å². The maximum Gasteiger partial charge on any atom is 0.307 e. The van der Waals surface area contributed by atoms with E-state index in [1.165, 1.54) is 25.7 Å². The van der Waals surface area contributed by atoms with Gasteiger partial charge in [-0.05, 0) is 24.3 Å². The number of pyridine rings is 1. The minimum absolute atomic E-state index is 0.243. The molecule has 0 N–H and O–H groups in total. The molecule has 23 heavy (non-hydrogen) atoms. The summed E-state index contributed by atoms with van der Waals surface area (Å²) in [7, 11) is 0. The Balaban J connectivity index is 2.05. The van der Waals surface area contributed by atoms with Crippen LogP contribution in [0.1, 0.15) is 63.9 Å². The van der Waals surface area contributed by atoms with Gasteiger partial charge in [-0.25, -0.2) is 0 Å². The van der Waals surface area contributed by atoms with Crippen LogP contribution in [0, 0.1) is 23.7 Å². The van der Waals surface area contributed by atoms with Crippen LogP contribution in [-0.2, 0) is 16.1 Å². The Kier molecular flexibility index (Phi) is 11.0. The fraction of sp³-hybridized carbons (Fsp3) is 0.500. The van der Waals surface area contributed by atoms with E-state index in [1.54, 1.807) is 12.4 Å². The molecule has 0 bridgehead atoms. The molecule has 0 aliphatic rings. The summed E-state index contributed by atoms with van der Waals surface area (Å²) in [4.78, 5) is 15.5. The molecular formula is C20H25NO2. The third kappa shape index (κ3) is 11.0. The van der Waals surface area contributed by atoms with Crippen LogP contribution in [0.25, 0.3) is 0 Å². The first kappa shape index (κ1) is 18.8. The number of unbranched alkanes of at least 4 members (excludes halogenated alkanes) is 5. The number of hydrogen-bond donors (Lipinski definition) is 0. The molecule has 0 aliphatic carbocycles. The van der Waals surface area contributed by atoms with E-state index >= 15 is 0 Å². The van der Waals surface area contributed by atoms with Gasteiger partial charge >= 0.3 is 5.97 Å². The third-order valence-electron chi connectivity index (χ3n) is 3.22. The lowest BCUT2D eigenvalue weighted by Crippen LogP contribution is -2.03. The molecule has 1 aromatic rings. The first-order valence-electron chi connectivity index (χ1n) is 8.33. The molecule has 0 aromatic carbocycles. The summed E-state index contributed by atoms with van der Waals surface area (Å²) in [6.07, 6.45) is 11.3. The Bertz CT molecular complexity index is 558. The van der Waals surface area contributed by atoms with Crippen LogP contribution in [0.3, 0.4) is 0 Å². The van der Waals surface area contributed by atoms with Gasteiger partial charge in [0.1, 0.15) is 6.61 Å². The average molecular weight is 311 g/mol. The molecule has 0 saturated heterocycles. The highest BCUT2D eigenvalue weighted by Gasteiger charge is 2.01. The Hall–Kier alpha value is -2.26. The first-order chi connectivity index (χ1) is 11.3. The van der Waals surface area contributed by atoms with E-state index in [-0.39, 0.29) is 12.6 Å². The summed E-state index contributed by atoms with van der Waals surface area (Å²) in [5.41, 5.74) is 0.886. The van der Waals surface area contributed by atoms with Gasteiger partial charge in [-0.2, -0.15) is 0 Å². The Labute approximate surface area is 139 Å². The topological polar surface area (TPSA) is 39.2 Å². The van der Waals surface area contributed by atoms with Crippen LogP contribution in [0.4, 0.5) is 0 Å². The number of nitrogens with zero attached hydrogens (tertiary/aromatic N) is 1. The van der Waals surface area contributed by atoms with Crippen molar-refractivity contribution in [3.05, 3.63) is 30.1 Å². The van der Waals surface area contributed by atoms with E-state index in [2.05, 4.69) is 35.6 Å². The minimum Gasteiger partial charge on any atom is -0.461 e. The van der Waals surface area contributed by atoms with Gasteiger partial charge < -0.3 is 4.74 Å². The fourth-order valence-electron chi connectivity index (χ4n) is 1.91. The van der Waals surface area contributed by atoms with Gasteiger partial charge in [0.2, 0.25) is 0 Å². The van der Waals surface area contributed by atoms with Crippen molar-refractivity contribution in [2.75, 3.05) is 0 Å². The van der Waals surface area contributed by atoms with E-state index in [0.29, 0.717) is 12.8 Å². The lowest BCUT2D eigenvalue weighted by atomic mass is 10.1. The second-order valence-electron chi connectivity index (χ2n) is 5.29. The predicted molar refractivity (Wildman–Crippen MR) is 92.2 cm³/mol. The predicted octanol–water partition coefficient (Wildman–Crippen LogP) is 4.27. The molecule has 0 spiro atoms. The zero-order chi connectivity index (χ0) is 16.6. The van der Waals surface area contributed by atoms with Crippen LogP contribution in [0.15, 0.2) is 24.5 Å². The van der Waals surface area contributed by atoms with E-state index in [4.69, 9.17) is 4.74 Å². The fourth-order valence-corrected chi connectivity index (χ4v) is 1.91. The average Bonchev–Trinajstić information content (AvgIpc) is 2.59. The number of hydrogen-bond acceptors (Lipinski definition) is 3. The second kappa shape index (κ2) is 13.4. The zero-order valence-electron chi connectivity index (χ0n) is 13.9. The number of rotatable bonds is 9. The number of ether oxygens (including phenoxy) is 1. The van der Waals surface area contributed by atoms with Gasteiger partial charge in [-0.1, -0.05) is 50.5 Å². The highest BCUT2D eigenvalue weighted by atomic mass is 16.5. The summed E-state index contributed by atoms with van der Waals surface area (Å²) in [6, 6.07) is 3.69. The standard InChI is InChI=1S/C20H25NO2/c1-2-3-4-5-6-7-8-9-10-11-12-15-20(22)23-18-19-14-13-16-21-17-19/h13-14,16-17H,2-7,12,15,18H2,1H3. The molecule has 1 rings (SSSR count). The molecule has 0 fully saturated rings. The van der Waals surface area contributed by atoms with Gasteiger partial charge in [0.05, 0.1) is 6.42 Å². The Morgan fingerprint density at radius 2 is 1.91 bits per heavy atom. The summed E-state index contributed by atoms with van der Waals surface area (Å²) >= 11 is 0. The molecular weight excluding hydrogens is 286 g/mol. The van der Waals surface area contributed by atoms with Crippen LogP contribution < -0.4 is 0 Å². The quantitative estimate of drug-likeness (QED) is 0.388. The summed E-state index contributed by atoms with van der Waals surface area (Å²) < 4.78 is 5.14. The molecule has 122 valence electrons. The number of carbonyl (C=O) groups excluding carboxylic acids is 1. The highest BCUT2D eigenvalue weighted by Crippen LogP contribution is 2.04. The number of esters is 1. The number of aromatic nitrogens is 1. The maximum atomic E-state index is 11.5. The maximum absolute atomic E-state index is 11.5. The van der Waals surface area contributed by atoms with Crippen molar-refractivity contribution in [3.63, 3.8) is 0 Å². The molecule has 0 atom stereocenters. The van der Waals surface area contributed by atoms with Gasteiger partial charge in [0.25, 0.3) is 0 Å². The lowest BCUT2D eigenvalue weighted by molar-refractivity contribution is -0.144. The Morgan fingerprint density at radius 1 is 1.13 bits per heavy atom. The summed E-state index contributed by atoms with van der Waals surface area (Å²) in [5.74, 6) is 11.3. The molecule has 0 saturated carbocycles. The van der Waals surface area contributed by atoms with Crippen molar-refractivity contribution in [2.24, 2.45) is 0 Å². The Morgan fingerprint density at radius 3 is 2.65 bits per heavy atom. The third-order valence-corrected chi connectivity index (χ3v) is 3.22. The SMILES string of the molecule is CCCCCCCC#CC#CCCC(=O)OCc1cccnc1. The van der Waals surface area contributed by atoms with Crippen molar-refractivity contribution < 1.29 is 9.53 Å². The molecule has 0 amide bonds. The van der Waals surface area contributed by atoms with Crippen molar-refractivity contribution in [1.29, 1.82) is 0 Å². The van der Waals surface area contributed by atoms with E-state index in [1.807, 2.05) is 12.1 Å². The summed E-state index contributed by atoms with van der Waals surface area (Å²) in [5, 5.41) is 0. The van der Waals surface area contributed by atoms with Gasteiger partial charge in [0.15, 0.2) is 0 Å². The van der Waals surface area contributed by atoms with Crippen molar-refractivity contribution in [2.45, 2.75) is 64.9 Å². The van der Waals surface area contributed by atoms with E-state index in [9.17, 15) is 4.79 Å². The lowest BCUT2D eigenvalue weighted by Gasteiger charge is -2.02. The zero-order valence-corrected chi connectivity index (χ0v) is 13.9. The van der Waals surface area contributed by atoms with Crippen LogP contribution >= 0.6 is 0 Å². The molecule has 0 unspecified atom stereocenters. The molecule has 0 aliphatic heterocycles.